The zero-order valence-corrected chi connectivity index (χ0v) is 15.6. The van der Waals surface area contributed by atoms with Crippen molar-refractivity contribution in [3.8, 4) is 0 Å². The molecule has 0 saturated carbocycles. The van der Waals surface area contributed by atoms with Crippen LogP contribution in [0, 0.1) is 0 Å². The first-order valence-corrected chi connectivity index (χ1v) is 9.76. The fraction of sp³-hybridized carbons (Fsp3) is 0.375. The van der Waals surface area contributed by atoms with E-state index in [9.17, 15) is 14.4 Å². The second-order valence-corrected chi connectivity index (χ2v) is 7.25. The van der Waals surface area contributed by atoms with Gasteiger partial charge in [0.15, 0.2) is 0 Å². The highest BCUT2D eigenvalue weighted by Crippen LogP contribution is 2.28. The highest BCUT2D eigenvalue weighted by Gasteiger charge is 2.18. The van der Waals surface area contributed by atoms with Crippen molar-refractivity contribution in [1.82, 2.24) is 10.3 Å². The van der Waals surface area contributed by atoms with E-state index in [-0.39, 0.29) is 24.0 Å². The van der Waals surface area contributed by atoms with Crippen LogP contribution in [0.4, 0.5) is 0 Å². The molecule has 25 heavy (non-hydrogen) atoms. The van der Waals surface area contributed by atoms with Crippen LogP contribution < -0.4 is 5.32 Å². The average molecular weight is 384 g/mol. The van der Waals surface area contributed by atoms with Gasteiger partial charge in [-0.1, -0.05) is 16.9 Å². The summed E-state index contributed by atoms with van der Waals surface area (Å²) in [6, 6.07) is 5.62. The van der Waals surface area contributed by atoms with E-state index >= 15 is 0 Å². The van der Waals surface area contributed by atoms with Gasteiger partial charge in [0.05, 0.1) is 7.11 Å². The van der Waals surface area contributed by atoms with E-state index in [0.717, 1.165) is 5.03 Å². The Hall–Kier alpha value is -2.00. The van der Waals surface area contributed by atoms with Crippen LogP contribution in [0.3, 0.4) is 0 Å². The summed E-state index contributed by atoms with van der Waals surface area (Å²) in [7, 11) is 4.27. The van der Waals surface area contributed by atoms with Gasteiger partial charge < -0.3 is 15.2 Å². The molecule has 0 aliphatic rings. The van der Waals surface area contributed by atoms with Crippen molar-refractivity contribution < 1.29 is 24.2 Å². The average Bonchev–Trinajstić information content (AvgIpc) is 2.61. The maximum Gasteiger partial charge on any atom is 0.331 e. The number of amides is 1. The van der Waals surface area contributed by atoms with E-state index in [4.69, 9.17) is 5.11 Å². The lowest BCUT2D eigenvalue weighted by Gasteiger charge is -2.10. The van der Waals surface area contributed by atoms with Crippen molar-refractivity contribution in [1.29, 1.82) is 0 Å². The number of hydrogen-bond acceptors (Lipinski definition) is 7. The van der Waals surface area contributed by atoms with E-state index in [1.807, 2.05) is 18.2 Å². The molecule has 0 aromatic carbocycles. The number of rotatable bonds is 10. The molecule has 7 nitrogen and oxygen atoms in total. The minimum Gasteiger partial charge on any atom is -0.478 e. The molecule has 0 aliphatic heterocycles. The molecule has 1 heterocycles. The number of ether oxygens (including phenoxy) is 1. The van der Waals surface area contributed by atoms with Gasteiger partial charge in [0.1, 0.15) is 5.03 Å². The molecule has 0 radical (unpaired) electrons. The third kappa shape index (κ3) is 8.08. The summed E-state index contributed by atoms with van der Waals surface area (Å²) >= 11 is 0. The van der Waals surface area contributed by atoms with Gasteiger partial charge in [-0.25, -0.2) is 9.78 Å². The summed E-state index contributed by atoms with van der Waals surface area (Å²) in [6.45, 7) is 1.72. The molecule has 2 N–H and O–H groups in total. The molecule has 1 amide bonds. The van der Waals surface area contributed by atoms with Crippen LogP contribution >= 0.6 is 21.6 Å². The predicted octanol–water partition coefficient (Wildman–Crippen LogP) is 2.29. The van der Waals surface area contributed by atoms with E-state index in [1.165, 1.54) is 35.6 Å². The predicted molar refractivity (Wildman–Crippen MR) is 97.1 cm³/mol. The molecular formula is C16H20N2O5S2. The Balaban J connectivity index is 2.47. The molecule has 9 heteroatoms. The number of carboxylic acid groups (broad SMARTS) is 1. The number of pyridine rings is 1. The zero-order valence-electron chi connectivity index (χ0n) is 14.0. The molecule has 1 aromatic heterocycles. The van der Waals surface area contributed by atoms with Gasteiger partial charge in [0.25, 0.3) is 0 Å². The lowest BCUT2D eigenvalue weighted by Crippen LogP contribution is -2.29. The summed E-state index contributed by atoms with van der Waals surface area (Å²) in [5.74, 6) is -1.53. The van der Waals surface area contributed by atoms with Gasteiger partial charge in [-0.2, -0.15) is 0 Å². The van der Waals surface area contributed by atoms with Gasteiger partial charge >= 0.3 is 11.9 Å². The first-order valence-electron chi connectivity index (χ1n) is 7.44. The van der Waals surface area contributed by atoms with Crippen molar-refractivity contribution in [3.05, 3.63) is 35.5 Å². The van der Waals surface area contributed by atoms with Crippen LogP contribution in [0.2, 0.25) is 0 Å². The van der Waals surface area contributed by atoms with Crippen LogP contribution in [-0.4, -0.2) is 47.3 Å². The normalized spacial score (nSPS) is 11.4. The third-order valence-electron chi connectivity index (χ3n) is 3.11. The Morgan fingerprint density at radius 1 is 1.28 bits per heavy atom. The molecule has 0 aliphatic carbocycles. The summed E-state index contributed by atoms with van der Waals surface area (Å²) in [6.07, 6.45) is 1.68. The number of carbonyl (C=O) groups is 3. The van der Waals surface area contributed by atoms with Crippen LogP contribution in [0.5, 0.6) is 0 Å². The summed E-state index contributed by atoms with van der Waals surface area (Å²) in [5.41, 5.74) is 0.0113. The Morgan fingerprint density at radius 2 is 2.04 bits per heavy atom. The molecule has 0 fully saturated rings. The lowest BCUT2D eigenvalue weighted by molar-refractivity contribution is -0.140. The van der Waals surface area contributed by atoms with Gasteiger partial charge in [0, 0.05) is 36.1 Å². The molecule has 1 aromatic rings. The van der Waals surface area contributed by atoms with Crippen molar-refractivity contribution in [2.24, 2.45) is 0 Å². The highest BCUT2D eigenvalue weighted by atomic mass is 33.1. The highest BCUT2D eigenvalue weighted by molar-refractivity contribution is 8.76. The Bertz CT molecular complexity index is 635. The van der Waals surface area contributed by atoms with Crippen LogP contribution in [0.1, 0.15) is 19.8 Å². The Morgan fingerprint density at radius 3 is 2.64 bits per heavy atom. The van der Waals surface area contributed by atoms with Crippen LogP contribution in [0.15, 0.2) is 40.6 Å². The molecule has 0 bridgehead atoms. The summed E-state index contributed by atoms with van der Waals surface area (Å²) in [5, 5.41) is 12.6. The summed E-state index contributed by atoms with van der Waals surface area (Å²) in [4.78, 5) is 38.7. The van der Waals surface area contributed by atoms with E-state index in [0.29, 0.717) is 12.3 Å². The second kappa shape index (κ2) is 11.5. The SMILES string of the molecule is COC(=O)CC/C(C(=O)NCCSSc1ccccn1)=C(\C)C(=O)O. The fourth-order valence-electron chi connectivity index (χ4n) is 1.74. The number of hydrogen-bond donors (Lipinski definition) is 2. The minimum atomic E-state index is -1.19. The third-order valence-corrected chi connectivity index (χ3v) is 5.37. The number of aliphatic carboxylic acids is 1. The number of carboxylic acids is 1. The van der Waals surface area contributed by atoms with E-state index in [1.54, 1.807) is 6.20 Å². The van der Waals surface area contributed by atoms with Gasteiger partial charge in [-0.3, -0.25) is 9.59 Å². The van der Waals surface area contributed by atoms with Crippen molar-refractivity contribution in [2.75, 3.05) is 19.4 Å². The van der Waals surface area contributed by atoms with E-state index < -0.39 is 17.8 Å². The first-order chi connectivity index (χ1) is 12.0. The topological polar surface area (TPSA) is 106 Å². The van der Waals surface area contributed by atoms with E-state index in [2.05, 4.69) is 15.0 Å². The van der Waals surface area contributed by atoms with Gasteiger partial charge in [-0.15, -0.1) is 0 Å². The second-order valence-electron chi connectivity index (χ2n) is 4.81. The Labute approximate surface area is 154 Å². The smallest absolute Gasteiger partial charge is 0.331 e. The molecule has 1 rings (SSSR count). The number of esters is 1. The molecule has 0 saturated heterocycles. The van der Waals surface area contributed by atoms with Crippen LogP contribution in [0.25, 0.3) is 0 Å². The quantitative estimate of drug-likeness (QED) is 0.274. The molecule has 0 spiro atoms. The van der Waals surface area contributed by atoms with Crippen LogP contribution in [-0.2, 0) is 19.1 Å². The lowest BCUT2D eigenvalue weighted by atomic mass is 10.0. The Kier molecular flexibility index (Phi) is 9.71. The molecule has 0 atom stereocenters. The first kappa shape index (κ1) is 21.0. The fourth-order valence-corrected chi connectivity index (χ4v) is 3.53. The number of aromatic nitrogens is 1. The van der Waals surface area contributed by atoms with Crippen molar-refractivity contribution in [2.45, 2.75) is 24.8 Å². The number of nitrogens with zero attached hydrogens (tertiary/aromatic N) is 1. The maximum absolute atomic E-state index is 12.2. The molecule has 0 unspecified atom stereocenters. The maximum atomic E-state index is 12.2. The number of nitrogens with one attached hydrogen (secondary N) is 1. The monoisotopic (exact) mass is 384 g/mol. The summed E-state index contributed by atoms with van der Waals surface area (Å²) < 4.78 is 4.52. The number of carbonyl (C=O) groups excluding carboxylic acids is 2. The number of methoxy groups -OCH3 is 1. The van der Waals surface area contributed by atoms with Gasteiger partial charge in [0.2, 0.25) is 5.91 Å². The van der Waals surface area contributed by atoms with Crippen molar-refractivity contribution >= 4 is 39.4 Å². The zero-order chi connectivity index (χ0) is 18.7. The van der Waals surface area contributed by atoms with Gasteiger partial charge in [-0.05, 0) is 36.3 Å². The minimum absolute atomic E-state index is 0.0203. The standard InChI is InChI=1S/C16H20N2O5S2/c1-11(16(21)22)12(6-7-14(19)23-2)15(20)18-9-10-24-25-13-5-3-4-8-17-13/h3-5,8H,6-7,9-10H2,1-2H3,(H,18,20)(H,21,22)/b12-11-. The molecule has 136 valence electrons. The largest absolute Gasteiger partial charge is 0.478 e. The van der Waals surface area contributed by atoms with Crippen molar-refractivity contribution in [3.63, 3.8) is 0 Å². The molecular weight excluding hydrogens is 364 g/mol.